The molecule has 1 aromatic carbocycles. The van der Waals surface area contributed by atoms with Crippen molar-refractivity contribution < 1.29 is 9.18 Å². The number of halogens is 1. The standard InChI is InChI=1S/C16H22FNO/c1-11-4-3-7-16(18,10-11)15(19)9-13-5-6-14(17)8-12(13)2/h5-6,8,11H,3-4,7,9-10,18H2,1-2H3. The van der Waals surface area contributed by atoms with Crippen molar-refractivity contribution in [2.45, 2.75) is 51.5 Å². The Morgan fingerprint density at radius 3 is 2.89 bits per heavy atom. The first-order valence-electron chi connectivity index (χ1n) is 6.98. The largest absolute Gasteiger partial charge is 0.319 e. The Morgan fingerprint density at radius 1 is 1.53 bits per heavy atom. The fourth-order valence-corrected chi connectivity index (χ4v) is 3.05. The van der Waals surface area contributed by atoms with E-state index in [2.05, 4.69) is 6.92 Å². The molecule has 1 aromatic rings. The van der Waals surface area contributed by atoms with Gasteiger partial charge in [-0.05, 0) is 48.9 Å². The average Bonchev–Trinajstić information content (AvgIpc) is 2.32. The summed E-state index contributed by atoms with van der Waals surface area (Å²) in [6, 6.07) is 4.57. The number of nitrogens with two attached hydrogens (primary N) is 1. The predicted octanol–water partition coefficient (Wildman–Crippen LogP) is 3.15. The van der Waals surface area contributed by atoms with Gasteiger partial charge >= 0.3 is 0 Å². The Morgan fingerprint density at radius 2 is 2.26 bits per heavy atom. The maximum absolute atomic E-state index is 13.1. The molecule has 0 bridgehead atoms. The van der Waals surface area contributed by atoms with Crippen LogP contribution < -0.4 is 5.73 Å². The molecule has 2 atom stereocenters. The van der Waals surface area contributed by atoms with E-state index < -0.39 is 5.54 Å². The molecule has 104 valence electrons. The van der Waals surface area contributed by atoms with Gasteiger partial charge in [0.1, 0.15) is 5.82 Å². The zero-order valence-electron chi connectivity index (χ0n) is 11.7. The molecule has 0 saturated heterocycles. The van der Waals surface area contributed by atoms with Gasteiger partial charge in [0.2, 0.25) is 0 Å². The highest BCUT2D eigenvalue weighted by atomic mass is 19.1. The van der Waals surface area contributed by atoms with Gasteiger partial charge in [0, 0.05) is 6.42 Å². The highest BCUT2D eigenvalue weighted by Gasteiger charge is 2.37. The Labute approximate surface area is 114 Å². The zero-order chi connectivity index (χ0) is 14.0. The lowest BCUT2D eigenvalue weighted by atomic mass is 9.73. The number of rotatable bonds is 3. The SMILES string of the molecule is Cc1cc(F)ccc1CC(=O)C1(N)CCCC(C)C1. The first-order chi connectivity index (χ1) is 8.90. The lowest BCUT2D eigenvalue weighted by Crippen LogP contribution is -2.51. The molecule has 2 rings (SSSR count). The van der Waals surface area contributed by atoms with Crippen LogP contribution in [0.1, 0.15) is 43.7 Å². The number of hydrogen-bond acceptors (Lipinski definition) is 2. The molecule has 1 aliphatic rings. The second-order valence-corrected chi connectivity index (χ2v) is 6.03. The molecule has 0 heterocycles. The van der Waals surface area contributed by atoms with Crippen LogP contribution in [-0.2, 0) is 11.2 Å². The highest BCUT2D eigenvalue weighted by molar-refractivity contribution is 5.90. The number of benzene rings is 1. The van der Waals surface area contributed by atoms with Crippen molar-refractivity contribution in [1.29, 1.82) is 0 Å². The molecule has 0 aromatic heterocycles. The van der Waals surface area contributed by atoms with Crippen LogP contribution in [-0.4, -0.2) is 11.3 Å². The molecule has 2 nitrogen and oxygen atoms in total. The molecule has 0 radical (unpaired) electrons. The molecule has 3 heteroatoms. The molecule has 0 amide bonds. The third-order valence-electron chi connectivity index (χ3n) is 4.24. The van der Waals surface area contributed by atoms with Crippen molar-refractivity contribution in [1.82, 2.24) is 0 Å². The smallest absolute Gasteiger partial charge is 0.157 e. The van der Waals surface area contributed by atoms with Gasteiger partial charge in [-0.15, -0.1) is 0 Å². The van der Waals surface area contributed by atoms with E-state index in [1.54, 1.807) is 6.07 Å². The number of ketones is 1. The number of carbonyl (C=O) groups is 1. The summed E-state index contributed by atoms with van der Waals surface area (Å²) in [6.07, 6.45) is 4.03. The molecular weight excluding hydrogens is 241 g/mol. The molecule has 1 fully saturated rings. The molecule has 0 spiro atoms. The summed E-state index contributed by atoms with van der Waals surface area (Å²) >= 11 is 0. The van der Waals surface area contributed by atoms with Gasteiger partial charge in [0.05, 0.1) is 5.54 Å². The molecule has 0 aliphatic heterocycles. The van der Waals surface area contributed by atoms with Crippen LogP contribution >= 0.6 is 0 Å². The third kappa shape index (κ3) is 3.21. The minimum Gasteiger partial charge on any atom is -0.319 e. The molecule has 2 unspecified atom stereocenters. The van der Waals surface area contributed by atoms with E-state index in [4.69, 9.17) is 5.73 Å². The van der Waals surface area contributed by atoms with Gasteiger partial charge in [-0.3, -0.25) is 4.79 Å². The van der Waals surface area contributed by atoms with Crippen molar-refractivity contribution in [2.75, 3.05) is 0 Å². The first-order valence-corrected chi connectivity index (χ1v) is 6.98. The minimum atomic E-state index is -0.682. The quantitative estimate of drug-likeness (QED) is 0.910. The second-order valence-electron chi connectivity index (χ2n) is 6.03. The van der Waals surface area contributed by atoms with E-state index in [1.807, 2.05) is 6.92 Å². The average molecular weight is 263 g/mol. The zero-order valence-corrected chi connectivity index (χ0v) is 11.7. The number of hydrogen-bond donors (Lipinski definition) is 1. The Hall–Kier alpha value is -1.22. The maximum atomic E-state index is 13.1. The van der Waals surface area contributed by atoms with Gasteiger partial charge in [0.25, 0.3) is 0 Å². The monoisotopic (exact) mass is 263 g/mol. The Bertz CT molecular complexity index is 486. The van der Waals surface area contributed by atoms with E-state index in [0.29, 0.717) is 12.3 Å². The van der Waals surface area contributed by atoms with Crippen molar-refractivity contribution in [3.63, 3.8) is 0 Å². The normalized spacial score (nSPS) is 27.3. The fourth-order valence-electron chi connectivity index (χ4n) is 3.05. The van der Waals surface area contributed by atoms with E-state index in [1.165, 1.54) is 12.1 Å². The number of aryl methyl sites for hydroxylation is 1. The van der Waals surface area contributed by atoms with Crippen LogP contribution in [0.5, 0.6) is 0 Å². The van der Waals surface area contributed by atoms with Gasteiger partial charge in [-0.2, -0.15) is 0 Å². The van der Waals surface area contributed by atoms with Crippen LogP contribution in [0.2, 0.25) is 0 Å². The summed E-state index contributed by atoms with van der Waals surface area (Å²) in [5.41, 5.74) is 7.32. The predicted molar refractivity (Wildman–Crippen MR) is 74.4 cm³/mol. The fraction of sp³-hybridized carbons (Fsp3) is 0.562. The van der Waals surface area contributed by atoms with E-state index in [-0.39, 0.29) is 11.6 Å². The van der Waals surface area contributed by atoms with Crippen molar-refractivity contribution in [2.24, 2.45) is 11.7 Å². The van der Waals surface area contributed by atoms with Gasteiger partial charge in [0.15, 0.2) is 5.78 Å². The topological polar surface area (TPSA) is 43.1 Å². The van der Waals surface area contributed by atoms with E-state index in [0.717, 1.165) is 36.8 Å². The summed E-state index contributed by atoms with van der Waals surface area (Å²) in [7, 11) is 0. The van der Waals surface area contributed by atoms with E-state index in [9.17, 15) is 9.18 Å². The van der Waals surface area contributed by atoms with Crippen molar-refractivity contribution in [3.05, 3.63) is 35.1 Å². The van der Waals surface area contributed by atoms with Crippen LogP contribution in [0.4, 0.5) is 4.39 Å². The molecule has 19 heavy (non-hydrogen) atoms. The maximum Gasteiger partial charge on any atom is 0.157 e. The summed E-state index contributed by atoms with van der Waals surface area (Å²) in [5.74, 6) is 0.341. The molecule has 2 N–H and O–H groups in total. The summed E-state index contributed by atoms with van der Waals surface area (Å²) in [5, 5.41) is 0. The van der Waals surface area contributed by atoms with Crippen molar-refractivity contribution >= 4 is 5.78 Å². The molecular formula is C16H22FNO. The minimum absolute atomic E-state index is 0.0914. The highest BCUT2D eigenvalue weighted by Crippen LogP contribution is 2.32. The summed E-state index contributed by atoms with van der Waals surface area (Å²) in [4.78, 5) is 12.5. The number of Topliss-reactive ketones (excluding diaryl/α,β-unsaturated/α-hetero) is 1. The molecule has 1 saturated carbocycles. The second kappa shape index (κ2) is 5.41. The molecule has 1 aliphatic carbocycles. The van der Waals surface area contributed by atoms with Crippen LogP contribution in [0.25, 0.3) is 0 Å². The Balaban J connectivity index is 2.12. The van der Waals surface area contributed by atoms with Crippen molar-refractivity contribution in [3.8, 4) is 0 Å². The summed E-state index contributed by atoms with van der Waals surface area (Å²) in [6.45, 7) is 3.98. The first kappa shape index (κ1) is 14.2. The van der Waals surface area contributed by atoms with E-state index >= 15 is 0 Å². The van der Waals surface area contributed by atoms with Crippen LogP contribution in [0.3, 0.4) is 0 Å². The third-order valence-corrected chi connectivity index (χ3v) is 4.24. The summed E-state index contributed by atoms with van der Waals surface area (Å²) < 4.78 is 13.1. The van der Waals surface area contributed by atoms with Gasteiger partial charge in [-0.1, -0.05) is 25.8 Å². The lowest BCUT2D eigenvalue weighted by Gasteiger charge is -2.35. The number of carbonyl (C=O) groups excluding carboxylic acids is 1. The van der Waals surface area contributed by atoms with Crippen LogP contribution in [0.15, 0.2) is 18.2 Å². The van der Waals surface area contributed by atoms with Gasteiger partial charge in [-0.25, -0.2) is 4.39 Å². The Kier molecular flexibility index (Phi) is 4.04. The van der Waals surface area contributed by atoms with Crippen LogP contribution in [0, 0.1) is 18.7 Å². The van der Waals surface area contributed by atoms with Gasteiger partial charge < -0.3 is 5.73 Å². The lowest BCUT2D eigenvalue weighted by molar-refractivity contribution is -0.125.